The molecule has 8 unspecified atom stereocenters. The fourth-order valence-corrected chi connectivity index (χ4v) is 8.25. The molecule has 1 heterocycles. The Morgan fingerprint density at radius 1 is 0.540 bits per heavy atom. The van der Waals surface area contributed by atoms with Crippen molar-refractivity contribution >= 4 is 5.91 Å². The largest absolute Gasteiger partial charge is 0.394 e. The fourth-order valence-electron chi connectivity index (χ4n) is 8.25. The maximum Gasteiger partial charge on any atom is 0.249 e. The second-order valence-corrected chi connectivity index (χ2v) is 18.4. The highest BCUT2D eigenvalue weighted by molar-refractivity contribution is 5.80. The van der Waals surface area contributed by atoms with Crippen LogP contribution in [0, 0.1) is 0 Å². The van der Waals surface area contributed by atoms with Gasteiger partial charge in [-0.2, -0.15) is 0 Å². The van der Waals surface area contributed by atoms with Crippen molar-refractivity contribution < 1.29 is 44.9 Å². The normalized spacial score (nSPS) is 20.9. The first-order valence-corrected chi connectivity index (χ1v) is 26.3. The van der Waals surface area contributed by atoms with Gasteiger partial charge >= 0.3 is 0 Å². The molecular weight excluding hydrogens is 795 g/mol. The quantitative estimate of drug-likeness (QED) is 0.0232. The van der Waals surface area contributed by atoms with Crippen molar-refractivity contribution in [3.05, 3.63) is 36.5 Å². The van der Waals surface area contributed by atoms with E-state index < -0.39 is 61.5 Å². The Balaban J connectivity index is 2.32. The van der Waals surface area contributed by atoms with E-state index in [4.69, 9.17) is 9.47 Å². The SMILES string of the molecule is CCCCCCC/C=C/CC/C=C/CC/C=C/C(O)C(COC1OC(CO)C(O)C(O)C1O)NC(=O)C(O)CCCCCCCCCCCCCCCCCCCCCCCCC. The Labute approximate surface area is 385 Å². The van der Waals surface area contributed by atoms with Crippen molar-refractivity contribution in [2.45, 2.75) is 281 Å². The molecule has 10 heteroatoms. The van der Waals surface area contributed by atoms with Gasteiger partial charge in [0.1, 0.15) is 30.5 Å². The van der Waals surface area contributed by atoms with E-state index in [1.807, 2.05) is 6.08 Å². The van der Waals surface area contributed by atoms with Gasteiger partial charge in [0, 0.05) is 0 Å². The molecule has 1 amide bonds. The Hall–Kier alpha value is -1.63. The third-order valence-corrected chi connectivity index (χ3v) is 12.6. The molecule has 0 aromatic rings. The van der Waals surface area contributed by atoms with Gasteiger partial charge in [-0.1, -0.05) is 224 Å². The molecule has 10 nitrogen and oxygen atoms in total. The number of rotatable bonds is 44. The van der Waals surface area contributed by atoms with Crippen LogP contribution in [0.3, 0.4) is 0 Å². The molecule has 0 aromatic carbocycles. The minimum atomic E-state index is -1.62. The summed E-state index contributed by atoms with van der Waals surface area (Å²) in [6.07, 6.45) is 43.8. The van der Waals surface area contributed by atoms with Gasteiger partial charge in [-0.3, -0.25) is 4.79 Å². The van der Waals surface area contributed by atoms with Gasteiger partial charge in [0.05, 0.1) is 25.4 Å². The highest BCUT2D eigenvalue weighted by Crippen LogP contribution is 2.23. The lowest BCUT2D eigenvalue weighted by Gasteiger charge is -2.40. The lowest BCUT2D eigenvalue weighted by atomic mass is 9.99. The van der Waals surface area contributed by atoms with Crippen molar-refractivity contribution in [2.24, 2.45) is 0 Å². The lowest BCUT2D eigenvalue weighted by Crippen LogP contribution is -2.60. The number of hydrogen-bond acceptors (Lipinski definition) is 9. The average Bonchev–Trinajstić information content (AvgIpc) is 3.28. The van der Waals surface area contributed by atoms with Crippen LogP contribution in [0.2, 0.25) is 0 Å². The molecule has 1 aliphatic heterocycles. The molecule has 370 valence electrons. The third kappa shape index (κ3) is 32.7. The van der Waals surface area contributed by atoms with Gasteiger partial charge in [0.2, 0.25) is 5.91 Å². The molecule has 1 fully saturated rings. The summed E-state index contributed by atoms with van der Waals surface area (Å²) in [7, 11) is 0. The van der Waals surface area contributed by atoms with Crippen LogP contribution in [0.4, 0.5) is 0 Å². The van der Waals surface area contributed by atoms with E-state index in [1.54, 1.807) is 6.08 Å². The molecule has 0 aliphatic carbocycles. The lowest BCUT2D eigenvalue weighted by molar-refractivity contribution is -0.302. The third-order valence-electron chi connectivity index (χ3n) is 12.6. The van der Waals surface area contributed by atoms with Crippen LogP contribution in [0.1, 0.15) is 232 Å². The number of allylic oxidation sites excluding steroid dienone is 5. The minimum absolute atomic E-state index is 0.304. The molecule has 8 atom stereocenters. The minimum Gasteiger partial charge on any atom is -0.394 e. The average molecular weight is 894 g/mol. The molecule has 63 heavy (non-hydrogen) atoms. The van der Waals surface area contributed by atoms with Gasteiger partial charge in [-0.05, 0) is 44.9 Å². The molecule has 7 N–H and O–H groups in total. The van der Waals surface area contributed by atoms with Gasteiger partial charge < -0.3 is 45.4 Å². The molecule has 1 aliphatic rings. The fraction of sp³-hybridized carbons (Fsp3) is 0.868. The summed E-state index contributed by atoms with van der Waals surface area (Å²) in [5, 5.41) is 64.8. The number of aliphatic hydroxyl groups excluding tert-OH is 6. The Bertz CT molecular complexity index is 1100. The van der Waals surface area contributed by atoms with Crippen molar-refractivity contribution in [1.29, 1.82) is 0 Å². The van der Waals surface area contributed by atoms with E-state index in [0.717, 1.165) is 44.9 Å². The van der Waals surface area contributed by atoms with E-state index in [0.29, 0.717) is 19.3 Å². The summed E-state index contributed by atoms with van der Waals surface area (Å²) in [5.74, 6) is -0.628. The first-order valence-electron chi connectivity index (χ1n) is 26.3. The van der Waals surface area contributed by atoms with Crippen LogP contribution >= 0.6 is 0 Å². The van der Waals surface area contributed by atoms with E-state index in [2.05, 4.69) is 43.5 Å². The van der Waals surface area contributed by atoms with Crippen LogP contribution in [0.5, 0.6) is 0 Å². The van der Waals surface area contributed by atoms with Gasteiger partial charge in [0.15, 0.2) is 6.29 Å². The Morgan fingerprint density at radius 3 is 1.38 bits per heavy atom. The zero-order valence-corrected chi connectivity index (χ0v) is 40.4. The first-order chi connectivity index (χ1) is 30.8. The molecule has 0 bridgehead atoms. The van der Waals surface area contributed by atoms with Crippen LogP contribution in [0.25, 0.3) is 0 Å². The standard InChI is InChI=1S/C53H99NO9/c1-3-5-7-9-11-13-15-17-19-20-21-22-23-24-25-26-28-30-32-34-36-38-40-42-47(57)52(61)54-45(44-62-53-51(60)50(59)49(58)48(43-55)63-53)46(56)41-39-37-35-33-31-29-27-18-16-14-12-10-8-6-4-2/h16,18,31,33,39,41,45-51,53,55-60H,3-15,17,19-30,32,34-38,40,42-44H2,1-2H3,(H,54,61)/b18-16+,33-31+,41-39+. The molecule has 0 aromatic heterocycles. The Kier molecular flexibility index (Phi) is 40.5. The van der Waals surface area contributed by atoms with Crippen LogP contribution in [-0.4, -0.2) is 98.7 Å². The molecule has 0 spiro atoms. The van der Waals surface area contributed by atoms with Gasteiger partial charge in [-0.15, -0.1) is 0 Å². The van der Waals surface area contributed by atoms with Crippen LogP contribution in [-0.2, 0) is 14.3 Å². The molecule has 1 saturated heterocycles. The number of nitrogens with one attached hydrogen (secondary N) is 1. The topological polar surface area (TPSA) is 169 Å². The maximum absolute atomic E-state index is 13.1. The van der Waals surface area contributed by atoms with Gasteiger partial charge in [-0.25, -0.2) is 0 Å². The number of aliphatic hydroxyl groups is 6. The second kappa shape index (κ2) is 43.0. The van der Waals surface area contributed by atoms with Crippen LogP contribution in [0.15, 0.2) is 36.5 Å². The molecule has 1 rings (SSSR count). The first kappa shape index (κ1) is 59.4. The van der Waals surface area contributed by atoms with E-state index in [9.17, 15) is 35.4 Å². The molecule has 0 saturated carbocycles. The predicted octanol–water partition coefficient (Wildman–Crippen LogP) is 11.0. The summed E-state index contributed by atoms with van der Waals surface area (Å²) in [6, 6.07) is -1.00. The zero-order valence-electron chi connectivity index (χ0n) is 40.4. The zero-order chi connectivity index (χ0) is 46.0. The smallest absolute Gasteiger partial charge is 0.249 e. The predicted molar refractivity (Wildman–Crippen MR) is 259 cm³/mol. The number of hydrogen-bond donors (Lipinski definition) is 7. The Morgan fingerprint density at radius 2 is 0.937 bits per heavy atom. The summed E-state index contributed by atoms with van der Waals surface area (Å²) < 4.78 is 11.1. The number of amides is 1. The summed E-state index contributed by atoms with van der Waals surface area (Å²) in [5.41, 5.74) is 0. The summed E-state index contributed by atoms with van der Waals surface area (Å²) >= 11 is 0. The van der Waals surface area contributed by atoms with Crippen molar-refractivity contribution in [3.63, 3.8) is 0 Å². The maximum atomic E-state index is 13.1. The number of carbonyl (C=O) groups excluding carboxylic acids is 1. The number of ether oxygens (including phenoxy) is 2. The summed E-state index contributed by atoms with van der Waals surface area (Å²) in [4.78, 5) is 13.1. The molecule has 0 radical (unpaired) electrons. The summed E-state index contributed by atoms with van der Waals surface area (Å²) in [6.45, 7) is 3.59. The van der Waals surface area contributed by atoms with E-state index >= 15 is 0 Å². The number of carbonyl (C=O) groups is 1. The van der Waals surface area contributed by atoms with Crippen molar-refractivity contribution in [1.82, 2.24) is 5.32 Å². The van der Waals surface area contributed by atoms with Crippen LogP contribution < -0.4 is 5.32 Å². The van der Waals surface area contributed by atoms with Gasteiger partial charge in [0.25, 0.3) is 0 Å². The van der Waals surface area contributed by atoms with E-state index in [1.165, 1.54) is 154 Å². The highest BCUT2D eigenvalue weighted by Gasteiger charge is 2.44. The number of unbranched alkanes of at least 4 members (excludes halogenated alkanes) is 29. The van der Waals surface area contributed by atoms with E-state index in [-0.39, 0.29) is 6.61 Å². The molecular formula is C53H99NO9. The van der Waals surface area contributed by atoms with Crippen molar-refractivity contribution in [2.75, 3.05) is 13.2 Å². The monoisotopic (exact) mass is 894 g/mol. The van der Waals surface area contributed by atoms with Crippen molar-refractivity contribution in [3.8, 4) is 0 Å². The highest BCUT2D eigenvalue weighted by atomic mass is 16.7. The second-order valence-electron chi connectivity index (χ2n) is 18.4.